The number of hydrogen-bond donors (Lipinski definition) is 0. The maximum Gasteiger partial charge on any atom is 0.254 e. The lowest BCUT2D eigenvalue weighted by atomic mass is 10.1. The molecular formula is C21H19F2N3O2. The van der Waals surface area contributed by atoms with E-state index in [4.69, 9.17) is 5.26 Å². The van der Waals surface area contributed by atoms with E-state index in [0.717, 1.165) is 17.7 Å². The number of benzene rings is 2. The highest BCUT2D eigenvalue weighted by Gasteiger charge is 2.25. The molecule has 2 amide bonds. The first-order chi connectivity index (χ1) is 13.5. The summed E-state index contributed by atoms with van der Waals surface area (Å²) >= 11 is 0. The molecule has 7 heteroatoms. The maximum absolute atomic E-state index is 13.3. The topological polar surface area (TPSA) is 64.4 Å². The van der Waals surface area contributed by atoms with E-state index < -0.39 is 11.6 Å². The van der Waals surface area contributed by atoms with E-state index in [0.29, 0.717) is 44.6 Å². The standard InChI is InChI=1S/C21H19F2N3O2/c22-18-7-6-17(13-19(18)23)21(28)26-11-9-25(10-12-26)20(27)8-5-15-1-3-16(14-24)4-2-15/h1-4,6-7,13H,5,8-12H2. The van der Waals surface area contributed by atoms with Gasteiger partial charge >= 0.3 is 0 Å². The van der Waals surface area contributed by atoms with Crippen LogP contribution in [0.15, 0.2) is 42.5 Å². The molecule has 0 atom stereocenters. The van der Waals surface area contributed by atoms with E-state index in [2.05, 4.69) is 6.07 Å². The molecule has 1 aliphatic heterocycles. The molecule has 0 aromatic heterocycles. The predicted octanol–water partition coefficient (Wildman–Crippen LogP) is 2.75. The minimum absolute atomic E-state index is 0.00397. The molecule has 0 spiro atoms. The first-order valence-corrected chi connectivity index (χ1v) is 8.99. The SMILES string of the molecule is N#Cc1ccc(CCC(=O)N2CCN(C(=O)c3ccc(F)c(F)c3)CC2)cc1. The van der Waals surface area contributed by atoms with Crippen molar-refractivity contribution in [1.82, 2.24) is 9.80 Å². The first kappa shape index (κ1) is 19.5. The van der Waals surface area contributed by atoms with Crippen molar-refractivity contribution in [3.05, 3.63) is 70.8 Å². The Hall–Kier alpha value is -3.27. The fraction of sp³-hybridized carbons (Fsp3) is 0.286. The van der Waals surface area contributed by atoms with Crippen LogP contribution >= 0.6 is 0 Å². The van der Waals surface area contributed by atoms with Gasteiger partial charge in [-0.2, -0.15) is 5.26 Å². The highest BCUT2D eigenvalue weighted by molar-refractivity contribution is 5.94. The van der Waals surface area contributed by atoms with Gasteiger partial charge in [0.1, 0.15) is 0 Å². The number of halogens is 2. The normalized spacial score (nSPS) is 13.9. The molecule has 0 aliphatic carbocycles. The highest BCUT2D eigenvalue weighted by atomic mass is 19.2. The summed E-state index contributed by atoms with van der Waals surface area (Å²) in [6.07, 6.45) is 0.932. The van der Waals surface area contributed by atoms with E-state index in [9.17, 15) is 18.4 Å². The van der Waals surface area contributed by atoms with E-state index in [-0.39, 0.29) is 17.4 Å². The van der Waals surface area contributed by atoms with Crippen molar-refractivity contribution in [3.63, 3.8) is 0 Å². The number of amides is 2. The quantitative estimate of drug-likeness (QED) is 0.816. The number of nitrogens with zero attached hydrogens (tertiary/aromatic N) is 3. The van der Waals surface area contributed by atoms with E-state index in [1.54, 1.807) is 17.0 Å². The van der Waals surface area contributed by atoms with Crippen LogP contribution in [0.5, 0.6) is 0 Å². The summed E-state index contributed by atoms with van der Waals surface area (Å²) in [4.78, 5) is 28.1. The van der Waals surface area contributed by atoms with Gasteiger partial charge < -0.3 is 9.80 Å². The molecule has 2 aromatic carbocycles. The zero-order valence-electron chi connectivity index (χ0n) is 15.2. The van der Waals surface area contributed by atoms with Gasteiger partial charge in [-0.1, -0.05) is 12.1 Å². The summed E-state index contributed by atoms with van der Waals surface area (Å²) in [6.45, 7) is 1.50. The summed E-state index contributed by atoms with van der Waals surface area (Å²) in [5, 5.41) is 8.80. The van der Waals surface area contributed by atoms with Gasteiger partial charge in [0.05, 0.1) is 11.6 Å². The third-order valence-corrected chi connectivity index (χ3v) is 4.80. The Balaban J connectivity index is 1.50. The number of rotatable bonds is 4. The third kappa shape index (κ3) is 4.52. The first-order valence-electron chi connectivity index (χ1n) is 8.99. The van der Waals surface area contributed by atoms with E-state index in [1.807, 2.05) is 12.1 Å². The lowest BCUT2D eigenvalue weighted by molar-refractivity contribution is -0.132. The van der Waals surface area contributed by atoms with Crippen molar-refractivity contribution < 1.29 is 18.4 Å². The van der Waals surface area contributed by atoms with Gasteiger partial charge in [-0.25, -0.2) is 8.78 Å². The molecule has 0 radical (unpaired) electrons. The van der Waals surface area contributed by atoms with Crippen molar-refractivity contribution in [2.45, 2.75) is 12.8 Å². The second-order valence-electron chi connectivity index (χ2n) is 6.61. The molecule has 5 nitrogen and oxygen atoms in total. The van der Waals surface area contributed by atoms with Gasteiger partial charge in [0.15, 0.2) is 11.6 Å². The molecule has 0 unspecified atom stereocenters. The molecule has 0 bridgehead atoms. The fourth-order valence-electron chi connectivity index (χ4n) is 3.13. The average Bonchev–Trinajstić information content (AvgIpc) is 2.74. The zero-order chi connectivity index (χ0) is 20.1. The highest BCUT2D eigenvalue weighted by Crippen LogP contribution is 2.14. The van der Waals surface area contributed by atoms with Crippen LogP contribution in [-0.4, -0.2) is 47.8 Å². The largest absolute Gasteiger partial charge is 0.339 e. The van der Waals surface area contributed by atoms with Gasteiger partial charge in [0.25, 0.3) is 5.91 Å². The average molecular weight is 383 g/mol. The molecule has 1 aliphatic rings. The summed E-state index contributed by atoms with van der Waals surface area (Å²) in [5.74, 6) is -2.41. The molecule has 1 fully saturated rings. The van der Waals surface area contributed by atoms with Gasteiger partial charge in [0.2, 0.25) is 5.91 Å². The molecule has 3 rings (SSSR count). The van der Waals surface area contributed by atoms with Crippen LogP contribution in [0.4, 0.5) is 8.78 Å². The van der Waals surface area contributed by atoms with E-state index in [1.165, 1.54) is 11.0 Å². The van der Waals surface area contributed by atoms with E-state index >= 15 is 0 Å². The molecule has 1 heterocycles. The van der Waals surface area contributed by atoms with Gasteiger partial charge in [-0.15, -0.1) is 0 Å². The number of carbonyl (C=O) groups excluding carboxylic acids is 2. The molecule has 0 N–H and O–H groups in total. The molecule has 2 aromatic rings. The Morgan fingerprint density at radius 2 is 1.57 bits per heavy atom. The third-order valence-electron chi connectivity index (χ3n) is 4.80. The Labute approximate surface area is 161 Å². The number of hydrogen-bond acceptors (Lipinski definition) is 3. The zero-order valence-corrected chi connectivity index (χ0v) is 15.2. The van der Waals surface area contributed by atoms with Crippen LogP contribution in [-0.2, 0) is 11.2 Å². The molecule has 28 heavy (non-hydrogen) atoms. The van der Waals surface area contributed by atoms with Crippen molar-refractivity contribution in [1.29, 1.82) is 5.26 Å². The van der Waals surface area contributed by atoms with Crippen molar-refractivity contribution in [2.24, 2.45) is 0 Å². The van der Waals surface area contributed by atoms with Crippen molar-refractivity contribution >= 4 is 11.8 Å². The Morgan fingerprint density at radius 1 is 0.929 bits per heavy atom. The lowest BCUT2D eigenvalue weighted by Crippen LogP contribution is -2.50. The number of nitriles is 1. The van der Waals surface area contributed by atoms with Crippen LogP contribution in [0.25, 0.3) is 0 Å². The Bertz CT molecular complexity index is 914. The monoisotopic (exact) mass is 383 g/mol. The van der Waals surface area contributed by atoms with Gasteiger partial charge in [0, 0.05) is 38.2 Å². The van der Waals surface area contributed by atoms with Crippen LogP contribution in [0.2, 0.25) is 0 Å². The number of carbonyl (C=O) groups is 2. The number of aryl methyl sites for hydroxylation is 1. The smallest absolute Gasteiger partial charge is 0.254 e. The Morgan fingerprint density at radius 3 is 2.18 bits per heavy atom. The molecule has 144 valence electrons. The summed E-state index contributed by atoms with van der Waals surface area (Å²) in [5.41, 5.74) is 1.66. The predicted molar refractivity (Wildman–Crippen MR) is 98.3 cm³/mol. The summed E-state index contributed by atoms with van der Waals surface area (Å²) in [7, 11) is 0. The fourth-order valence-corrected chi connectivity index (χ4v) is 3.13. The van der Waals surface area contributed by atoms with Crippen LogP contribution < -0.4 is 0 Å². The minimum Gasteiger partial charge on any atom is -0.339 e. The summed E-state index contributed by atoms with van der Waals surface area (Å²) < 4.78 is 26.3. The molecule has 0 saturated carbocycles. The second kappa shape index (κ2) is 8.61. The van der Waals surface area contributed by atoms with Crippen LogP contribution in [0.1, 0.15) is 27.9 Å². The second-order valence-corrected chi connectivity index (χ2v) is 6.61. The Kier molecular flexibility index (Phi) is 5.99. The molecular weight excluding hydrogens is 364 g/mol. The van der Waals surface area contributed by atoms with Crippen LogP contribution in [0.3, 0.4) is 0 Å². The number of piperazine rings is 1. The lowest BCUT2D eigenvalue weighted by Gasteiger charge is -2.35. The van der Waals surface area contributed by atoms with Crippen molar-refractivity contribution in [2.75, 3.05) is 26.2 Å². The van der Waals surface area contributed by atoms with Crippen molar-refractivity contribution in [3.8, 4) is 6.07 Å². The van der Waals surface area contributed by atoms with Gasteiger partial charge in [-0.3, -0.25) is 9.59 Å². The van der Waals surface area contributed by atoms with Crippen LogP contribution in [0, 0.1) is 23.0 Å². The maximum atomic E-state index is 13.3. The molecule has 1 saturated heterocycles. The summed E-state index contributed by atoms with van der Waals surface area (Å²) in [6, 6.07) is 12.3. The van der Waals surface area contributed by atoms with Gasteiger partial charge in [-0.05, 0) is 42.3 Å². The minimum atomic E-state index is -1.05.